The van der Waals surface area contributed by atoms with Gasteiger partial charge in [-0.2, -0.15) is 0 Å². The standard InChI is InChI=1S/C22H34O/c1-15(14-23)18-9-10-19-17-8-7-16-6-4-5-12-21(16,2)20(17)11-13-22(18,19)3/h5,7,12,15,17-20,23H,4,6,8-11,13-14H2,1-3H3/t15-,17+,18-,19+,20+,21+,22-/m1/s1. The van der Waals surface area contributed by atoms with Crippen LogP contribution >= 0.6 is 0 Å². The summed E-state index contributed by atoms with van der Waals surface area (Å²) in [5.74, 6) is 3.83. The summed E-state index contributed by atoms with van der Waals surface area (Å²) >= 11 is 0. The average molecular weight is 315 g/mol. The van der Waals surface area contributed by atoms with Crippen LogP contribution in [0.3, 0.4) is 0 Å². The molecule has 0 amide bonds. The second-order valence-electron chi connectivity index (χ2n) is 9.45. The Bertz CT molecular complexity index is 532. The first-order valence-electron chi connectivity index (χ1n) is 9.99. The van der Waals surface area contributed by atoms with Gasteiger partial charge in [-0.1, -0.05) is 44.6 Å². The van der Waals surface area contributed by atoms with Gasteiger partial charge >= 0.3 is 0 Å². The lowest BCUT2D eigenvalue weighted by Crippen LogP contribution is -2.49. The Morgan fingerprint density at radius 1 is 1.22 bits per heavy atom. The van der Waals surface area contributed by atoms with Gasteiger partial charge in [-0.15, -0.1) is 0 Å². The molecule has 0 heterocycles. The Morgan fingerprint density at radius 2 is 2.04 bits per heavy atom. The largest absolute Gasteiger partial charge is 0.396 e. The van der Waals surface area contributed by atoms with E-state index in [0.29, 0.717) is 23.4 Å². The highest BCUT2D eigenvalue weighted by atomic mass is 16.3. The molecule has 0 aromatic carbocycles. The summed E-state index contributed by atoms with van der Waals surface area (Å²) in [4.78, 5) is 0. The molecule has 0 saturated heterocycles. The third-order valence-electron chi connectivity index (χ3n) is 8.63. The van der Waals surface area contributed by atoms with Gasteiger partial charge in [0.05, 0.1) is 0 Å². The average Bonchev–Trinajstić information content (AvgIpc) is 2.91. The van der Waals surface area contributed by atoms with Crippen molar-refractivity contribution in [2.24, 2.45) is 40.4 Å². The van der Waals surface area contributed by atoms with E-state index in [0.717, 1.165) is 23.7 Å². The highest BCUT2D eigenvalue weighted by Gasteiger charge is 2.58. The molecule has 1 heteroatoms. The molecule has 4 aliphatic carbocycles. The lowest BCUT2D eigenvalue weighted by atomic mass is 9.48. The minimum absolute atomic E-state index is 0.350. The number of aliphatic hydroxyl groups is 1. The first-order chi connectivity index (χ1) is 11.0. The summed E-state index contributed by atoms with van der Waals surface area (Å²) in [6, 6.07) is 0. The van der Waals surface area contributed by atoms with Crippen molar-refractivity contribution in [3.8, 4) is 0 Å². The highest BCUT2D eigenvalue weighted by Crippen LogP contribution is 2.66. The van der Waals surface area contributed by atoms with Gasteiger partial charge in [0.25, 0.3) is 0 Å². The molecule has 4 aliphatic rings. The summed E-state index contributed by atoms with van der Waals surface area (Å²) in [6.45, 7) is 7.73. The zero-order valence-corrected chi connectivity index (χ0v) is 15.2. The number of allylic oxidation sites excluding steroid dienone is 4. The molecule has 2 fully saturated rings. The zero-order chi connectivity index (χ0) is 16.2. The maximum absolute atomic E-state index is 9.71. The van der Waals surface area contributed by atoms with Gasteiger partial charge in [0.1, 0.15) is 0 Å². The Labute approximate surface area is 142 Å². The Hall–Kier alpha value is -0.560. The molecule has 0 radical (unpaired) electrons. The van der Waals surface area contributed by atoms with Crippen molar-refractivity contribution < 1.29 is 5.11 Å². The molecular weight excluding hydrogens is 280 g/mol. The van der Waals surface area contributed by atoms with Gasteiger partial charge in [-0.25, -0.2) is 0 Å². The molecule has 0 aromatic rings. The topological polar surface area (TPSA) is 20.2 Å². The lowest BCUT2D eigenvalue weighted by molar-refractivity contribution is -0.0381. The van der Waals surface area contributed by atoms with E-state index in [1.54, 1.807) is 5.57 Å². The maximum atomic E-state index is 9.71. The van der Waals surface area contributed by atoms with E-state index >= 15 is 0 Å². The van der Waals surface area contributed by atoms with Crippen LogP contribution in [0.15, 0.2) is 23.8 Å². The summed E-state index contributed by atoms with van der Waals surface area (Å²) in [7, 11) is 0. The minimum atomic E-state index is 0.350. The normalized spacial score (nSPS) is 49.8. The fourth-order valence-corrected chi connectivity index (χ4v) is 7.37. The van der Waals surface area contributed by atoms with Crippen molar-refractivity contribution in [1.82, 2.24) is 0 Å². The van der Waals surface area contributed by atoms with Crippen molar-refractivity contribution in [3.63, 3.8) is 0 Å². The summed E-state index contributed by atoms with van der Waals surface area (Å²) < 4.78 is 0. The Balaban J connectivity index is 1.66. The lowest BCUT2D eigenvalue weighted by Gasteiger charge is -2.57. The van der Waals surface area contributed by atoms with Crippen LogP contribution in [0.1, 0.15) is 65.7 Å². The van der Waals surface area contributed by atoms with Crippen LogP contribution in [0.5, 0.6) is 0 Å². The fraction of sp³-hybridized carbons (Fsp3) is 0.818. The van der Waals surface area contributed by atoms with Crippen LogP contribution in [0.25, 0.3) is 0 Å². The van der Waals surface area contributed by atoms with Gasteiger partial charge in [-0.05, 0) is 80.0 Å². The van der Waals surface area contributed by atoms with Crippen LogP contribution < -0.4 is 0 Å². The zero-order valence-electron chi connectivity index (χ0n) is 15.2. The van der Waals surface area contributed by atoms with E-state index in [2.05, 4.69) is 39.0 Å². The predicted octanol–water partition coefficient (Wildman–Crippen LogP) is 5.36. The molecule has 0 bridgehead atoms. The van der Waals surface area contributed by atoms with Gasteiger partial charge < -0.3 is 5.11 Å². The first-order valence-corrected chi connectivity index (χ1v) is 9.99. The molecule has 2 saturated carbocycles. The quantitative estimate of drug-likeness (QED) is 0.680. The second kappa shape index (κ2) is 5.48. The number of fused-ring (bicyclic) bond motifs is 5. The van der Waals surface area contributed by atoms with Crippen molar-refractivity contribution in [1.29, 1.82) is 0 Å². The van der Waals surface area contributed by atoms with Gasteiger partial charge in [0.15, 0.2) is 0 Å². The highest BCUT2D eigenvalue weighted by molar-refractivity contribution is 5.31. The summed E-state index contributed by atoms with van der Waals surface area (Å²) in [5.41, 5.74) is 2.56. The molecule has 0 unspecified atom stereocenters. The third kappa shape index (κ3) is 2.15. The SMILES string of the molecule is C[C@H](CO)[C@H]1CC[C@H]2[C@@H]3CC=C4CCC=C[C@]4(C)[C@H]3CC[C@]12C. The molecular formula is C22H34O. The molecule has 7 atom stereocenters. The van der Waals surface area contributed by atoms with Crippen LogP contribution in [-0.4, -0.2) is 11.7 Å². The van der Waals surface area contributed by atoms with E-state index in [4.69, 9.17) is 0 Å². The van der Waals surface area contributed by atoms with E-state index < -0.39 is 0 Å². The van der Waals surface area contributed by atoms with Crippen molar-refractivity contribution in [2.75, 3.05) is 6.61 Å². The number of aliphatic hydroxyl groups excluding tert-OH is 1. The van der Waals surface area contributed by atoms with Crippen LogP contribution in [0.2, 0.25) is 0 Å². The van der Waals surface area contributed by atoms with Gasteiger partial charge in [-0.3, -0.25) is 0 Å². The van der Waals surface area contributed by atoms with Crippen molar-refractivity contribution in [3.05, 3.63) is 23.8 Å². The summed E-state index contributed by atoms with van der Waals surface area (Å²) in [5, 5.41) is 9.71. The summed E-state index contributed by atoms with van der Waals surface area (Å²) in [6.07, 6.45) is 17.0. The molecule has 1 N–H and O–H groups in total. The van der Waals surface area contributed by atoms with Gasteiger partial charge in [0.2, 0.25) is 0 Å². The van der Waals surface area contributed by atoms with E-state index in [-0.39, 0.29) is 0 Å². The maximum Gasteiger partial charge on any atom is 0.0459 e. The molecule has 23 heavy (non-hydrogen) atoms. The predicted molar refractivity (Wildman–Crippen MR) is 96.0 cm³/mol. The van der Waals surface area contributed by atoms with Crippen LogP contribution in [0, 0.1) is 40.4 Å². The van der Waals surface area contributed by atoms with Crippen LogP contribution in [-0.2, 0) is 0 Å². The monoisotopic (exact) mass is 314 g/mol. The number of hydrogen-bond donors (Lipinski definition) is 1. The van der Waals surface area contributed by atoms with E-state index in [1.807, 2.05) is 0 Å². The third-order valence-corrected chi connectivity index (χ3v) is 8.63. The Morgan fingerprint density at radius 3 is 2.83 bits per heavy atom. The second-order valence-corrected chi connectivity index (χ2v) is 9.45. The fourth-order valence-electron chi connectivity index (χ4n) is 7.37. The minimum Gasteiger partial charge on any atom is -0.396 e. The molecule has 0 aromatic heterocycles. The van der Waals surface area contributed by atoms with E-state index in [1.165, 1.54) is 44.9 Å². The molecule has 4 rings (SSSR count). The Kier molecular flexibility index (Phi) is 3.80. The van der Waals surface area contributed by atoms with E-state index in [9.17, 15) is 5.11 Å². The number of rotatable bonds is 2. The molecule has 1 nitrogen and oxygen atoms in total. The number of hydrogen-bond acceptors (Lipinski definition) is 1. The van der Waals surface area contributed by atoms with Crippen LogP contribution in [0.4, 0.5) is 0 Å². The molecule has 0 aliphatic heterocycles. The van der Waals surface area contributed by atoms with Crippen molar-refractivity contribution >= 4 is 0 Å². The first kappa shape index (κ1) is 15.9. The molecule has 128 valence electrons. The molecule has 0 spiro atoms. The smallest absolute Gasteiger partial charge is 0.0459 e. The van der Waals surface area contributed by atoms with Crippen molar-refractivity contribution in [2.45, 2.75) is 65.7 Å². The van der Waals surface area contributed by atoms with Gasteiger partial charge in [0, 0.05) is 12.0 Å².